The van der Waals surface area contributed by atoms with E-state index in [1.54, 1.807) is 0 Å². The summed E-state index contributed by atoms with van der Waals surface area (Å²) in [6.45, 7) is 6.89. The molecule has 0 aliphatic carbocycles. The zero-order valence-electron chi connectivity index (χ0n) is 52.3. The van der Waals surface area contributed by atoms with Crippen molar-refractivity contribution in [3.05, 3.63) is 85.1 Å². The minimum atomic E-state index is -4.46. The monoisotopic (exact) mass is 1130 g/mol. The fraction of sp³-hybridized carbons (Fsp3) is 0.768. The van der Waals surface area contributed by atoms with E-state index in [0.29, 0.717) is 17.4 Å². The van der Waals surface area contributed by atoms with Gasteiger partial charge in [0.15, 0.2) is 0 Å². The Balaban J connectivity index is 5.18. The van der Waals surface area contributed by atoms with E-state index in [-0.39, 0.29) is 31.5 Å². The quantitative estimate of drug-likeness (QED) is 0.0205. The molecule has 0 spiro atoms. The summed E-state index contributed by atoms with van der Waals surface area (Å²) >= 11 is 0. The third-order valence-corrected chi connectivity index (χ3v) is 15.3. The van der Waals surface area contributed by atoms with Crippen LogP contribution in [0.15, 0.2) is 85.1 Å². The van der Waals surface area contributed by atoms with Gasteiger partial charge < -0.3 is 19.4 Å². The van der Waals surface area contributed by atoms with Crippen LogP contribution >= 0.6 is 7.82 Å². The number of phosphoric acid groups is 1. The second-order valence-corrected chi connectivity index (χ2v) is 24.7. The molecule has 0 rings (SSSR count). The van der Waals surface area contributed by atoms with E-state index in [9.17, 15) is 19.0 Å². The van der Waals surface area contributed by atoms with E-state index in [2.05, 4.69) is 99.0 Å². The third kappa shape index (κ3) is 59.6. The minimum absolute atomic E-state index is 0.0360. The standard InChI is InChI=1S/C69H125N2O7P/c1-7-10-13-16-19-22-25-28-30-31-32-33-34-35-36-37-38-39-41-44-47-50-53-56-59-62-69(73)78-67(60-57-54-51-48-45-42-27-24-21-18-15-12-9-3)66(65-77-79(74,75)76-64-63-71(4,5)6)70-68(72)61-58-55-52-49-46-43-40-29-26-23-20-17-14-11-8-2/h10,13,19,22-23,26,28,30,32-33,35-36,57,60,66-67H,7-9,11-12,14-18,20-21,24-25,27,29,31,34,37-56,58-59,61-65H2,1-6H3,(H-,70,72,74,75)/p+1/b13-10-,22-19-,26-23-,30-28-,33-32-,36-35-,60-57-. The molecular weight excluding hydrogens is 1000 g/mol. The number of quaternary nitrogens is 1. The van der Waals surface area contributed by atoms with Gasteiger partial charge in [-0.2, -0.15) is 0 Å². The molecule has 2 N–H and O–H groups in total. The van der Waals surface area contributed by atoms with Gasteiger partial charge in [0.2, 0.25) is 5.91 Å². The first kappa shape index (κ1) is 76.2. The number of ether oxygens (including phenoxy) is 1. The van der Waals surface area contributed by atoms with Crippen LogP contribution in [0.2, 0.25) is 0 Å². The summed E-state index contributed by atoms with van der Waals surface area (Å²) in [4.78, 5) is 37.8. The fourth-order valence-corrected chi connectivity index (χ4v) is 9.99. The first-order valence-corrected chi connectivity index (χ1v) is 34.4. The number of allylic oxidation sites excluding steroid dienone is 13. The summed E-state index contributed by atoms with van der Waals surface area (Å²) in [5.41, 5.74) is 0. The number of esters is 1. The number of nitrogens with zero attached hydrogens (tertiary/aromatic N) is 1. The van der Waals surface area contributed by atoms with Gasteiger partial charge in [0.05, 0.1) is 33.8 Å². The van der Waals surface area contributed by atoms with Crippen molar-refractivity contribution in [2.75, 3.05) is 40.9 Å². The topological polar surface area (TPSA) is 111 Å². The van der Waals surface area contributed by atoms with Crippen molar-refractivity contribution < 1.29 is 37.3 Å². The lowest BCUT2D eigenvalue weighted by molar-refractivity contribution is -0.870. The van der Waals surface area contributed by atoms with Crippen LogP contribution in [0.5, 0.6) is 0 Å². The summed E-state index contributed by atoms with van der Waals surface area (Å²) < 4.78 is 30.8. The van der Waals surface area contributed by atoms with Crippen molar-refractivity contribution >= 4 is 19.7 Å². The van der Waals surface area contributed by atoms with E-state index >= 15 is 0 Å². The summed E-state index contributed by atoms with van der Waals surface area (Å²) in [7, 11) is 1.49. The molecule has 0 aromatic heterocycles. The maximum absolute atomic E-state index is 13.6. The molecule has 3 unspecified atom stereocenters. The Labute approximate surface area is 488 Å². The molecule has 0 saturated heterocycles. The van der Waals surface area contributed by atoms with Gasteiger partial charge in [-0.15, -0.1) is 0 Å². The maximum Gasteiger partial charge on any atom is 0.472 e. The van der Waals surface area contributed by atoms with Gasteiger partial charge >= 0.3 is 13.8 Å². The van der Waals surface area contributed by atoms with Gasteiger partial charge in [-0.3, -0.25) is 18.6 Å². The van der Waals surface area contributed by atoms with E-state index < -0.39 is 20.0 Å². The molecule has 3 atom stereocenters. The molecule has 9 nitrogen and oxygen atoms in total. The minimum Gasteiger partial charge on any atom is -0.456 e. The molecule has 0 bridgehead atoms. The molecule has 0 radical (unpaired) electrons. The van der Waals surface area contributed by atoms with E-state index in [4.69, 9.17) is 13.8 Å². The average Bonchev–Trinajstić information content (AvgIpc) is 3.41. The zero-order chi connectivity index (χ0) is 57.9. The Kier molecular flexibility index (Phi) is 56.3. The van der Waals surface area contributed by atoms with Gasteiger partial charge in [-0.1, -0.05) is 260 Å². The number of rotatable bonds is 59. The van der Waals surface area contributed by atoms with Crippen molar-refractivity contribution in [3.8, 4) is 0 Å². The Morgan fingerprint density at radius 1 is 0.456 bits per heavy atom. The molecule has 0 saturated carbocycles. The number of phosphoric ester groups is 1. The van der Waals surface area contributed by atoms with Crippen LogP contribution in [0.1, 0.15) is 290 Å². The van der Waals surface area contributed by atoms with Crippen LogP contribution in [-0.4, -0.2) is 74.3 Å². The molecule has 0 heterocycles. The first-order valence-electron chi connectivity index (χ1n) is 32.9. The maximum atomic E-state index is 13.6. The van der Waals surface area contributed by atoms with Gasteiger partial charge in [-0.05, 0) is 102 Å². The van der Waals surface area contributed by atoms with Crippen LogP contribution < -0.4 is 5.32 Å². The van der Waals surface area contributed by atoms with Crippen LogP contribution in [0, 0.1) is 0 Å². The summed E-state index contributed by atoms with van der Waals surface area (Å²) in [5, 5.41) is 3.06. The highest BCUT2D eigenvalue weighted by molar-refractivity contribution is 7.47. The molecule has 0 aromatic rings. The second kappa shape index (κ2) is 58.4. The number of likely N-dealkylation sites (N-methyl/N-ethyl adjacent to an activating group) is 1. The number of hydrogen-bond donors (Lipinski definition) is 2. The lowest BCUT2D eigenvalue weighted by Gasteiger charge is -2.27. The summed E-state index contributed by atoms with van der Waals surface area (Å²) in [6.07, 6.45) is 77.2. The predicted octanol–water partition coefficient (Wildman–Crippen LogP) is 20.6. The van der Waals surface area contributed by atoms with E-state index in [1.165, 1.54) is 141 Å². The highest BCUT2D eigenvalue weighted by Crippen LogP contribution is 2.43. The molecule has 79 heavy (non-hydrogen) atoms. The van der Waals surface area contributed by atoms with Crippen molar-refractivity contribution in [2.45, 2.75) is 303 Å². The van der Waals surface area contributed by atoms with E-state index in [0.717, 1.165) is 116 Å². The smallest absolute Gasteiger partial charge is 0.456 e. The largest absolute Gasteiger partial charge is 0.472 e. The Morgan fingerprint density at radius 2 is 0.810 bits per heavy atom. The van der Waals surface area contributed by atoms with Gasteiger partial charge in [-0.25, -0.2) is 4.57 Å². The number of carbonyl (C=O) groups excluding carboxylic acids is 2. The number of unbranched alkanes of at least 4 members (excludes halogenated alkanes) is 31. The first-order chi connectivity index (χ1) is 38.4. The van der Waals surface area contributed by atoms with Crippen molar-refractivity contribution in [1.29, 1.82) is 0 Å². The molecule has 0 fully saturated rings. The highest BCUT2D eigenvalue weighted by atomic mass is 31.2. The number of hydrogen-bond acceptors (Lipinski definition) is 6. The Bertz CT molecular complexity index is 1630. The Hall–Kier alpha value is -2.81. The number of carbonyl (C=O) groups is 2. The summed E-state index contributed by atoms with van der Waals surface area (Å²) in [6, 6.07) is -0.856. The van der Waals surface area contributed by atoms with Crippen LogP contribution in [0.4, 0.5) is 0 Å². The Morgan fingerprint density at radius 3 is 1.24 bits per heavy atom. The van der Waals surface area contributed by atoms with Gasteiger partial charge in [0.25, 0.3) is 0 Å². The fourth-order valence-electron chi connectivity index (χ4n) is 9.26. The van der Waals surface area contributed by atoms with Crippen molar-refractivity contribution in [2.24, 2.45) is 0 Å². The lowest BCUT2D eigenvalue weighted by Crippen LogP contribution is -2.47. The molecular formula is C69H126N2O7P+. The molecule has 0 aliphatic heterocycles. The average molecular weight is 1130 g/mol. The lowest BCUT2D eigenvalue weighted by atomic mass is 10.0. The van der Waals surface area contributed by atoms with Crippen LogP contribution in [0.3, 0.4) is 0 Å². The van der Waals surface area contributed by atoms with Gasteiger partial charge in [0, 0.05) is 12.8 Å². The highest BCUT2D eigenvalue weighted by Gasteiger charge is 2.30. The van der Waals surface area contributed by atoms with Crippen molar-refractivity contribution in [1.82, 2.24) is 5.32 Å². The van der Waals surface area contributed by atoms with E-state index in [1.807, 2.05) is 33.3 Å². The second-order valence-electron chi connectivity index (χ2n) is 23.3. The number of nitrogens with one attached hydrogen (secondary N) is 1. The normalized spacial score (nSPS) is 14.2. The third-order valence-electron chi connectivity index (χ3n) is 14.3. The molecule has 10 heteroatoms. The summed E-state index contributed by atoms with van der Waals surface area (Å²) in [5.74, 6) is -0.514. The molecule has 1 amide bonds. The zero-order valence-corrected chi connectivity index (χ0v) is 53.2. The molecule has 0 aromatic carbocycles. The SMILES string of the molecule is CC/C=C\C/C=C\C/C=C\C/C=C\C/C=C\CCCCCCCCCCCC(=O)OC(/C=C\CCCCCCCCCCCCC)C(COP(=O)(O)OCC[N+](C)(C)C)NC(=O)CCCCCCCCC/C=C\CCCCCC. The molecule has 458 valence electrons. The van der Waals surface area contributed by atoms with Crippen molar-refractivity contribution in [3.63, 3.8) is 0 Å². The van der Waals surface area contributed by atoms with Gasteiger partial charge in [0.1, 0.15) is 19.3 Å². The predicted molar refractivity (Wildman–Crippen MR) is 341 cm³/mol. The molecule has 0 aliphatic rings. The van der Waals surface area contributed by atoms with Crippen LogP contribution in [0.25, 0.3) is 0 Å². The number of amides is 1. The van der Waals surface area contributed by atoms with Crippen LogP contribution in [-0.2, 0) is 27.9 Å².